The van der Waals surface area contributed by atoms with E-state index >= 15 is 0 Å². The van der Waals surface area contributed by atoms with E-state index in [1.165, 1.54) is 18.2 Å². The van der Waals surface area contributed by atoms with Gasteiger partial charge in [0.15, 0.2) is 5.75 Å². The van der Waals surface area contributed by atoms with Gasteiger partial charge in [0.1, 0.15) is 0 Å². The van der Waals surface area contributed by atoms with Crippen molar-refractivity contribution in [3.63, 3.8) is 0 Å². The second-order valence-electron chi connectivity index (χ2n) is 4.71. The first-order chi connectivity index (χ1) is 10.6. The van der Waals surface area contributed by atoms with Crippen LogP contribution in [-0.2, 0) is 10.1 Å². The van der Waals surface area contributed by atoms with Gasteiger partial charge in [-0.2, -0.15) is 21.6 Å². The standard InChI is InChI=1S/C12H13F3N2O5S/c13-12(14,15)23(20,21)22-10-4-2-1-3-9(10)16-5-7-17(8-6-16)11(18)19/h1-4H,5-8H2,(H,18,19). The van der Waals surface area contributed by atoms with Crippen LogP contribution < -0.4 is 9.08 Å². The number of carboxylic acid groups (broad SMARTS) is 1. The van der Waals surface area contributed by atoms with E-state index in [9.17, 15) is 26.4 Å². The van der Waals surface area contributed by atoms with Crippen LogP contribution in [0.5, 0.6) is 5.75 Å². The van der Waals surface area contributed by atoms with E-state index in [0.29, 0.717) is 0 Å². The van der Waals surface area contributed by atoms with Crippen LogP contribution in [0.15, 0.2) is 24.3 Å². The Hall–Kier alpha value is -2.17. The van der Waals surface area contributed by atoms with Crippen molar-refractivity contribution in [2.75, 3.05) is 31.1 Å². The number of amides is 1. The summed E-state index contributed by atoms with van der Waals surface area (Å²) in [6.45, 7) is 0.711. The number of alkyl halides is 3. The summed E-state index contributed by atoms with van der Waals surface area (Å²) in [5.74, 6) is -0.450. The third-order valence-electron chi connectivity index (χ3n) is 3.24. The molecule has 1 N–H and O–H groups in total. The van der Waals surface area contributed by atoms with Crippen molar-refractivity contribution >= 4 is 21.9 Å². The highest BCUT2D eigenvalue weighted by molar-refractivity contribution is 7.88. The van der Waals surface area contributed by atoms with Crippen molar-refractivity contribution in [2.24, 2.45) is 0 Å². The fourth-order valence-electron chi connectivity index (χ4n) is 2.09. The zero-order valence-corrected chi connectivity index (χ0v) is 12.5. The molecule has 0 radical (unpaired) electrons. The smallest absolute Gasteiger partial charge is 0.465 e. The van der Waals surface area contributed by atoms with Crippen molar-refractivity contribution in [1.82, 2.24) is 4.90 Å². The van der Waals surface area contributed by atoms with Gasteiger partial charge in [0, 0.05) is 26.2 Å². The summed E-state index contributed by atoms with van der Waals surface area (Å²) in [4.78, 5) is 13.6. The average Bonchev–Trinajstić information content (AvgIpc) is 2.46. The molecule has 7 nitrogen and oxygen atoms in total. The van der Waals surface area contributed by atoms with Gasteiger partial charge < -0.3 is 19.1 Å². The molecule has 0 atom stereocenters. The molecule has 11 heteroatoms. The number of rotatable bonds is 3. The molecule has 0 saturated carbocycles. The summed E-state index contributed by atoms with van der Waals surface area (Å²) < 4.78 is 63.8. The largest absolute Gasteiger partial charge is 0.534 e. The first kappa shape index (κ1) is 17.2. The molecule has 1 heterocycles. The van der Waals surface area contributed by atoms with E-state index in [1.807, 2.05) is 0 Å². The van der Waals surface area contributed by atoms with Crippen LogP contribution in [0.3, 0.4) is 0 Å². The predicted octanol–water partition coefficient (Wildman–Crippen LogP) is 1.72. The summed E-state index contributed by atoms with van der Waals surface area (Å²) in [6.07, 6.45) is -1.09. The SMILES string of the molecule is O=C(O)N1CCN(c2ccccc2OS(=O)(=O)C(F)(F)F)CC1. The van der Waals surface area contributed by atoms with Crippen molar-refractivity contribution in [3.05, 3.63) is 24.3 Å². The summed E-state index contributed by atoms with van der Waals surface area (Å²) in [7, 11) is -5.77. The highest BCUT2D eigenvalue weighted by Gasteiger charge is 2.49. The highest BCUT2D eigenvalue weighted by Crippen LogP contribution is 2.33. The van der Waals surface area contributed by atoms with Crippen LogP contribution in [0.1, 0.15) is 0 Å². The number of para-hydroxylation sites is 2. The van der Waals surface area contributed by atoms with Gasteiger partial charge in [0.05, 0.1) is 5.69 Å². The van der Waals surface area contributed by atoms with Gasteiger partial charge in [0.25, 0.3) is 0 Å². The fraction of sp³-hybridized carbons (Fsp3) is 0.417. The maximum Gasteiger partial charge on any atom is 0.534 e. The molecule has 1 fully saturated rings. The molecule has 0 spiro atoms. The Kier molecular flexibility index (Phi) is 4.59. The Balaban J connectivity index is 2.21. The van der Waals surface area contributed by atoms with Crippen LogP contribution in [0.4, 0.5) is 23.7 Å². The number of hydrogen-bond donors (Lipinski definition) is 1. The molecule has 23 heavy (non-hydrogen) atoms. The predicted molar refractivity (Wildman–Crippen MR) is 73.9 cm³/mol. The van der Waals surface area contributed by atoms with Crippen molar-refractivity contribution in [1.29, 1.82) is 0 Å². The topological polar surface area (TPSA) is 87.2 Å². The van der Waals surface area contributed by atoms with Crippen molar-refractivity contribution in [2.45, 2.75) is 5.51 Å². The lowest BCUT2D eigenvalue weighted by molar-refractivity contribution is -0.0499. The van der Waals surface area contributed by atoms with Crippen LogP contribution in [0, 0.1) is 0 Å². The van der Waals surface area contributed by atoms with E-state index in [4.69, 9.17) is 5.11 Å². The van der Waals surface area contributed by atoms with E-state index in [2.05, 4.69) is 4.18 Å². The van der Waals surface area contributed by atoms with Gasteiger partial charge in [-0.15, -0.1) is 0 Å². The van der Waals surface area contributed by atoms with Crippen molar-refractivity contribution < 1.29 is 35.7 Å². The summed E-state index contributed by atoms with van der Waals surface area (Å²) in [5, 5.41) is 8.87. The number of halogens is 3. The first-order valence-electron chi connectivity index (χ1n) is 6.44. The van der Waals surface area contributed by atoms with E-state index in [0.717, 1.165) is 11.0 Å². The van der Waals surface area contributed by atoms with Crippen LogP contribution in [0.25, 0.3) is 0 Å². The molecular formula is C12H13F3N2O5S. The van der Waals surface area contributed by atoms with Gasteiger partial charge in [0.2, 0.25) is 0 Å². The molecule has 2 rings (SSSR count). The Bertz CT molecular complexity index is 684. The molecule has 1 aromatic rings. The van der Waals surface area contributed by atoms with E-state index in [-0.39, 0.29) is 31.9 Å². The second kappa shape index (κ2) is 6.14. The number of anilines is 1. The number of carbonyl (C=O) groups is 1. The lowest BCUT2D eigenvalue weighted by Gasteiger charge is -2.35. The molecule has 1 saturated heterocycles. The van der Waals surface area contributed by atoms with Crippen molar-refractivity contribution in [3.8, 4) is 5.75 Å². The molecule has 1 aliphatic rings. The zero-order chi connectivity index (χ0) is 17.3. The Labute approximate surface area is 130 Å². The van der Waals surface area contributed by atoms with Crippen LogP contribution >= 0.6 is 0 Å². The highest BCUT2D eigenvalue weighted by atomic mass is 32.2. The van der Waals surface area contributed by atoms with Gasteiger partial charge in [-0.05, 0) is 12.1 Å². The fourth-order valence-corrected chi connectivity index (χ4v) is 2.56. The maximum atomic E-state index is 12.4. The monoisotopic (exact) mass is 354 g/mol. The Morgan fingerprint density at radius 1 is 1.13 bits per heavy atom. The lowest BCUT2D eigenvalue weighted by atomic mass is 10.2. The molecule has 1 amide bonds. The minimum atomic E-state index is -5.77. The normalized spacial score (nSPS) is 16.3. The maximum absolute atomic E-state index is 12.4. The number of piperazine rings is 1. The average molecular weight is 354 g/mol. The summed E-state index contributed by atoms with van der Waals surface area (Å²) >= 11 is 0. The second-order valence-corrected chi connectivity index (χ2v) is 6.25. The Morgan fingerprint density at radius 3 is 2.22 bits per heavy atom. The molecule has 0 aromatic heterocycles. The minimum absolute atomic E-state index is 0.149. The quantitative estimate of drug-likeness (QED) is 0.657. The molecule has 0 unspecified atom stereocenters. The van der Waals surface area contributed by atoms with Gasteiger partial charge in [-0.3, -0.25) is 0 Å². The van der Waals surface area contributed by atoms with Crippen LogP contribution in [0.2, 0.25) is 0 Å². The third kappa shape index (κ3) is 3.78. The Morgan fingerprint density at radius 2 is 1.70 bits per heavy atom. The van der Waals surface area contributed by atoms with Crippen LogP contribution in [-0.4, -0.2) is 56.2 Å². The first-order valence-corrected chi connectivity index (χ1v) is 7.85. The molecule has 0 bridgehead atoms. The van der Waals surface area contributed by atoms with Gasteiger partial charge in [-0.25, -0.2) is 4.79 Å². The number of benzene rings is 1. The van der Waals surface area contributed by atoms with Gasteiger partial charge in [-0.1, -0.05) is 12.1 Å². The molecule has 1 aliphatic heterocycles. The summed E-state index contributed by atoms with van der Waals surface area (Å²) in [6, 6.07) is 5.39. The minimum Gasteiger partial charge on any atom is -0.465 e. The number of nitrogens with zero attached hydrogens (tertiary/aromatic N) is 2. The van der Waals surface area contributed by atoms with E-state index in [1.54, 1.807) is 4.90 Å². The van der Waals surface area contributed by atoms with E-state index < -0.39 is 27.5 Å². The lowest BCUT2D eigenvalue weighted by Crippen LogP contribution is -2.48. The third-order valence-corrected chi connectivity index (χ3v) is 4.21. The molecular weight excluding hydrogens is 341 g/mol. The summed E-state index contributed by atoms with van der Waals surface area (Å²) in [5.41, 5.74) is -5.37. The zero-order valence-electron chi connectivity index (χ0n) is 11.7. The molecule has 128 valence electrons. The molecule has 1 aromatic carbocycles. The molecule has 0 aliphatic carbocycles. The van der Waals surface area contributed by atoms with Gasteiger partial charge >= 0.3 is 21.7 Å². The number of hydrogen-bond acceptors (Lipinski definition) is 5.